The normalized spacial score (nSPS) is 14.4. The predicted octanol–water partition coefficient (Wildman–Crippen LogP) is 4.30. The molecule has 196 valence electrons. The number of ether oxygens (including phenoxy) is 1. The van der Waals surface area contributed by atoms with E-state index in [2.05, 4.69) is 22.3 Å². The Balaban J connectivity index is 1.50. The monoisotopic (exact) mass is 541 g/mol. The molecule has 1 aliphatic rings. The van der Waals surface area contributed by atoms with Crippen molar-refractivity contribution in [1.29, 1.82) is 0 Å². The van der Waals surface area contributed by atoms with Gasteiger partial charge in [0.25, 0.3) is 10.0 Å². The van der Waals surface area contributed by atoms with Gasteiger partial charge in [-0.05, 0) is 54.8 Å². The summed E-state index contributed by atoms with van der Waals surface area (Å²) in [5.41, 5.74) is 4.01. The van der Waals surface area contributed by atoms with E-state index in [1.807, 2.05) is 19.1 Å². The van der Waals surface area contributed by atoms with Gasteiger partial charge in [0.1, 0.15) is 6.54 Å². The van der Waals surface area contributed by atoms with Gasteiger partial charge in [-0.3, -0.25) is 14.0 Å². The van der Waals surface area contributed by atoms with E-state index in [9.17, 15) is 13.2 Å². The highest BCUT2D eigenvalue weighted by atomic mass is 35.5. The lowest BCUT2D eigenvalue weighted by atomic mass is 10.1. The van der Waals surface area contributed by atoms with Gasteiger partial charge in [0.2, 0.25) is 5.91 Å². The molecule has 9 heteroatoms. The molecular formula is C28H32ClN3O4S. The molecule has 0 radical (unpaired) electrons. The average Bonchev–Trinajstić information content (AvgIpc) is 2.89. The van der Waals surface area contributed by atoms with E-state index in [4.69, 9.17) is 16.3 Å². The predicted molar refractivity (Wildman–Crippen MR) is 146 cm³/mol. The van der Waals surface area contributed by atoms with E-state index in [1.54, 1.807) is 49.4 Å². The fourth-order valence-corrected chi connectivity index (χ4v) is 5.89. The highest BCUT2D eigenvalue weighted by Crippen LogP contribution is 2.30. The quantitative estimate of drug-likeness (QED) is 0.437. The molecule has 0 aromatic heterocycles. The van der Waals surface area contributed by atoms with E-state index in [-0.39, 0.29) is 11.4 Å². The molecule has 1 N–H and O–H groups in total. The fourth-order valence-electron chi connectivity index (χ4n) is 4.25. The van der Waals surface area contributed by atoms with Crippen LogP contribution in [0.4, 0.5) is 5.69 Å². The molecule has 4 rings (SSSR count). The molecule has 3 aromatic rings. The Kier molecular flexibility index (Phi) is 8.87. The van der Waals surface area contributed by atoms with Crippen LogP contribution in [-0.4, -0.2) is 52.1 Å². The molecule has 3 aromatic carbocycles. The number of benzene rings is 3. The van der Waals surface area contributed by atoms with Gasteiger partial charge in [-0.2, -0.15) is 0 Å². The second kappa shape index (κ2) is 12.1. The first-order valence-electron chi connectivity index (χ1n) is 12.2. The second-order valence-corrected chi connectivity index (χ2v) is 11.5. The van der Waals surface area contributed by atoms with Crippen LogP contribution in [0.15, 0.2) is 71.6 Å². The Bertz CT molecular complexity index is 1340. The summed E-state index contributed by atoms with van der Waals surface area (Å²) in [6.45, 7) is 7.65. The van der Waals surface area contributed by atoms with Gasteiger partial charge in [-0.15, -0.1) is 0 Å². The van der Waals surface area contributed by atoms with Crippen LogP contribution in [0, 0.1) is 13.8 Å². The lowest BCUT2D eigenvalue weighted by molar-refractivity contribution is -0.119. The molecule has 1 fully saturated rings. The zero-order valence-corrected chi connectivity index (χ0v) is 22.7. The number of halogens is 1. The van der Waals surface area contributed by atoms with Gasteiger partial charge >= 0.3 is 0 Å². The Labute approximate surface area is 224 Å². The SMILES string of the molecule is Cc1ccc(S(=O)(=O)N(CC(=O)NCc2cccc(CN3CCOCC3)c2)c2cccc(Cl)c2C)cc1. The van der Waals surface area contributed by atoms with Crippen LogP contribution in [0.3, 0.4) is 0 Å². The number of aryl methyl sites for hydroxylation is 1. The number of nitrogens with one attached hydrogen (secondary N) is 1. The molecule has 1 amide bonds. The van der Waals surface area contributed by atoms with E-state index < -0.39 is 15.9 Å². The highest BCUT2D eigenvalue weighted by Gasteiger charge is 2.28. The summed E-state index contributed by atoms with van der Waals surface area (Å²) in [5.74, 6) is -0.409. The Morgan fingerprint density at radius 1 is 1.00 bits per heavy atom. The van der Waals surface area contributed by atoms with E-state index >= 15 is 0 Å². The standard InChI is InChI=1S/C28H32ClN3O4S/c1-21-9-11-25(12-10-21)37(34,35)32(27-8-4-7-26(29)22(27)2)20-28(33)30-18-23-5-3-6-24(17-23)19-31-13-15-36-16-14-31/h3-12,17H,13-16,18-20H2,1-2H3,(H,30,33). The second-order valence-electron chi connectivity index (χ2n) is 9.19. The van der Waals surface area contributed by atoms with Crippen LogP contribution in [0.25, 0.3) is 0 Å². The first-order chi connectivity index (χ1) is 17.7. The zero-order chi connectivity index (χ0) is 26.4. The number of hydrogen-bond donors (Lipinski definition) is 1. The minimum absolute atomic E-state index is 0.112. The van der Waals surface area contributed by atoms with Crippen LogP contribution < -0.4 is 9.62 Å². The third-order valence-electron chi connectivity index (χ3n) is 6.39. The highest BCUT2D eigenvalue weighted by molar-refractivity contribution is 7.92. The fraction of sp³-hybridized carbons (Fsp3) is 0.321. The van der Waals surface area contributed by atoms with Gasteiger partial charge in [0.05, 0.1) is 23.8 Å². The van der Waals surface area contributed by atoms with Crippen molar-refractivity contribution in [2.45, 2.75) is 31.8 Å². The average molecular weight is 542 g/mol. The number of amides is 1. The van der Waals surface area contributed by atoms with Gasteiger partial charge in [-0.25, -0.2) is 8.42 Å². The minimum atomic E-state index is -4.01. The smallest absolute Gasteiger partial charge is 0.264 e. The number of anilines is 1. The summed E-state index contributed by atoms with van der Waals surface area (Å²) >= 11 is 6.30. The van der Waals surface area contributed by atoms with Gasteiger partial charge in [0.15, 0.2) is 0 Å². The number of carbonyl (C=O) groups is 1. The van der Waals surface area contributed by atoms with Crippen molar-refractivity contribution < 1.29 is 17.9 Å². The Morgan fingerprint density at radius 3 is 2.41 bits per heavy atom. The molecule has 1 aliphatic heterocycles. The maximum Gasteiger partial charge on any atom is 0.264 e. The summed E-state index contributed by atoms with van der Waals surface area (Å²) in [6.07, 6.45) is 0. The molecule has 0 aliphatic carbocycles. The Morgan fingerprint density at radius 2 is 1.68 bits per heavy atom. The molecule has 0 atom stereocenters. The van der Waals surface area contributed by atoms with Crippen molar-refractivity contribution in [2.24, 2.45) is 0 Å². The van der Waals surface area contributed by atoms with E-state index in [0.29, 0.717) is 22.8 Å². The largest absolute Gasteiger partial charge is 0.379 e. The number of hydrogen-bond acceptors (Lipinski definition) is 5. The summed E-state index contributed by atoms with van der Waals surface area (Å²) in [6, 6.07) is 19.7. The van der Waals surface area contributed by atoms with Crippen molar-refractivity contribution in [3.8, 4) is 0 Å². The first kappa shape index (κ1) is 27.1. The van der Waals surface area contributed by atoms with Crippen molar-refractivity contribution in [3.63, 3.8) is 0 Å². The number of carbonyl (C=O) groups excluding carboxylic acids is 1. The number of nitrogens with zero attached hydrogens (tertiary/aromatic N) is 2. The summed E-state index contributed by atoms with van der Waals surface area (Å²) in [5, 5.41) is 3.31. The maximum absolute atomic E-state index is 13.6. The minimum Gasteiger partial charge on any atom is -0.379 e. The van der Waals surface area contributed by atoms with Crippen molar-refractivity contribution >= 4 is 33.2 Å². The van der Waals surface area contributed by atoms with Gasteiger partial charge in [-0.1, -0.05) is 59.6 Å². The maximum atomic E-state index is 13.6. The number of rotatable bonds is 9. The number of morpholine rings is 1. The number of sulfonamides is 1. The Hall–Kier alpha value is -2.91. The first-order valence-corrected chi connectivity index (χ1v) is 14.0. The molecule has 1 saturated heterocycles. The van der Waals surface area contributed by atoms with Crippen molar-refractivity contribution in [3.05, 3.63) is 94.0 Å². The molecule has 0 unspecified atom stereocenters. The molecule has 37 heavy (non-hydrogen) atoms. The lowest BCUT2D eigenvalue weighted by Crippen LogP contribution is -2.41. The van der Waals surface area contributed by atoms with Crippen LogP contribution in [0.5, 0.6) is 0 Å². The topological polar surface area (TPSA) is 79.0 Å². The van der Waals surface area contributed by atoms with Gasteiger partial charge < -0.3 is 10.1 Å². The zero-order valence-electron chi connectivity index (χ0n) is 21.1. The molecule has 7 nitrogen and oxygen atoms in total. The third kappa shape index (κ3) is 6.90. The molecular weight excluding hydrogens is 510 g/mol. The van der Waals surface area contributed by atoms with Gasteiger partial charge in [0, 0.05) is 31.2 Å². The summed E-state index contributed by atoms with van der Waals surface area (Å²) < 4.78 is 33.8. The van der Waals surface area contributed by atoms with E-state index in [1.165, 1.54) is 0 Å². The molecule has 0 saturated carbocycles. The lowest BCUT2D eigenvalue weighted by Gasteiger charge is -2.27. The van der Waals surface area contributed by atoms with E-state index in [0.717, 1.165) is 53.8 Å². The van der Waals surface area contributed by atoms with Crippen LogP contribution in [-0.2, 0) is 32.6 Å². The van der Waals surface area contributed by atoms with Crippen LogP contribution in [0.1, 0.15) is 22.3 Å². The summed E-state index contributed by atoms with van der Waals surface area (Å²) in [7, 11) is -4.01. The summed E-state index contributed by atoms with van der Waals surface area (Å²) in [4.78, 5) is 15.5. The molecule has 0 spiro atoms. The third-order valence-corrected chi connectivity index (χ3v) is 8.58. The van der Waals surface area contributed by atoms with Crippen LogP contribution in [0.2, 0.25) is 5.02 Å². The van der Waals surface area contributed by atoms with Crippen molar-refractivity contribution in [2.75, 3.05) is 37.2 Å². The molecule has 0 bridgehead atoms. The van der Waals surface area contributed by atoms with Crippen LogP contribution >= 0.6 is 11.6 Å². The molecule has 1 heterocycles. The van der Waals surface area contributed by atoms with Crippen molar-refractivity contribution in [1.82, 2.24) is 10.2 Å².